The molecule has 0 N–H and O–H groups in total. The van der Waals surface area contributed by atoms with Gasteiger partial charge in [-0.1, -0.05) is 20.8 Å². The van der Waals surface area contributed by atoms with Crippen LogP contribution >= 0.6 is 0 Å². The van der Waals surface area contributed by atoms with Gasteiger partial charge in [-0.05, 0) is 29.7 Å². The lowest BCUT2D eigenvalue weighted by atomic mass is 9.88. The number of pyridine rings is 1. The summed E-state index contributed by atoms with van der Waals surface area (Å²) in [6.07, 6.45) is 3.73. The molecule has 2 heterocycles. The molecular weight excluding hydrogens is 274 g/mol. The molecule has 0 saturated heterocycles. The van der Waals surface area contributed by atoms with Crippen LogP contribution in [0.15, 0.2) is 36.7 Å². The van der Waals surface area contributed by atoms with Crippen LogP contribution in [0.25, 0.3) is 22.3 Å². The summed E-state index contributed by atoms with van der Waals surface area (Å²) in [5.74, 6) is 1.72. The van der Waals surface area contributed by atoms with Crippen molar-refractivity contribution in [3.05, 3.63) is 42.4 Å². The highest BCUT2D eigenvalue weighted by atomic mass is 16.5. The van der Waals surface area contributed by atoms with Gasteiger partial charge in [0.15, 0.2) is 5.82 Å². The molecule has 114 valence electrons. The largest absolute Gasteiger partial charge is 0.497 e. The molecule has 0 fully saturated rings. The van der Waals surface area contributed by atoms with E-state index in [1.165, 1.54) is 0 Å². The number of fused-ring (bicyclic) bond motifs is 1. The number of rotatable bonds is 2. The zero-order valence-corrected chi connectivity index (χ0v) is 13.7. The van der Waals surface area contributed by atoms with Crippen molar-refractivity contribution in [3.63, 3.8) is 0 Å². The minimum absolute atomic E-state index is 0.0476. The van der Waals surface area contributed by atoms with Crippen LogP contribution in [0.5, 0.6) is 5.75 Å². The molecular formula is C18H21N3O. The molecule has 22 heavy (non-hydrogen) atoms. The van der Waals surface area contributed by atoms with Crippen LogP contribution in [0.2, 0.25) is 0 Å². The highest BCUT2D eigenvalue weighted by Crippen LogP contribution is 2.33. The van der Waals surface area contributed by atoms with E-state index in [1.807, 2.05) is 23.9 Å². The SMILES string of the molecule is COc1ccc2c(C(C)(C)C)nc(-c3nccn3C)cc2c1. The third-order valence-corrected chi connectivity index (χ3v) is 3.80. The van der Waals surface area contributed by atoms with Gasteiger partial charge in [0.05, 0.1) is 12.8 Å². The molecule has 0 aliphatic rings. The van der Waals surface area contributed by atoms with Crippen molar-refractivity contribution >= 4 is 10.8 Å². The minimum atomic E-state index is -0.0476. The first-order valence-corrected chi connectivity index (χ1v) is 7.37. The van der Waals surface area contributed by atoms with Gasteiger partial charge in [0.25, 0.3) is 0 Å². The lowest BCUT2D eigenvalue weighted by Crippen LogP contribution is -2.15. The van der Waals surface area contributed by atoms with Crippen LogP contribution in [0.3, 0.4) is 0 Å². The van der Waals surface area contributed by atoms with E-state index in [0.29, 0.717) is 0 Å². The molecule has 0 radical (unpaired) electrons. The van der Waals surface area contributed by atoms with Crippen molar-refractivity contribution in [2.45, 2.75) is 26.2 Å². The Kier molecular flexibility index (Phi) is 3.39. The fraction of sp³-hybridized carbons (Fsp3) is 0.333. The minimum Gasteiger partial charge on any atom is -0.497 e. The van der Waals surface area contributed by atoms with Gasteiger partial charge in [-0.3, -0.25) is 0 Å². The molecule has 0 aliphatic heterocycles. The van der Waals surface area contributed by atoms with Crippen LogP contribution in [0.4, 0.5) is 0 Å². The van der Waals surface area contributed by atoms with Gasteiger partial charge in [0.2, 0.25) is 0 Å². The molecule has 1 aromatic carbocycles. The van der Waals surface area contributed by atoms with Crippen LogP contribution in [-0.2, 0) is 12.5 Å². The van der Waals surface area contributed by atoms with Crippen molar-refractivity contribution in [2.24, 2.45) is 7.05 Å². The van der Waals surface area contributed by atoms with Crippen molar-refractivity contribution in [1.82, 2.24) is 14.5 Å². The Bertz CT molecular complexity index is 828. The maximum atomic E-state index is 5.36. The van der Waals surface area contributed by atoms with E-state index in [2.05, 4.69) is 44.0 Å². The maximum Gasteiger partial charge on any atom is 0.158 e. The molecule has 4 nitrogen and oxygen atoms in total. The van der Waals surface area contributed by atoms with Gasteiger partial charge in [-0.2, -0.15) is 0 Å². The van der Waals surface area contributed by atoms with E-state index in [-0.39, 0.29) is 5.41 Å². The third kappa shape index (κ3) is 2.45. The predicted molar refractivity (Wildman–Crippen MR) is 89.2 cm³/mol. The van der Waals surface area contributed by atoms with Crippen LogP contribution < -0.4 is 4.74 Å². The number of aromatic nitrogens is 3. The number of aryl methyl sites for hydroxylation is 1. The lowest BCUT2D eigenvalue weighted by Gasteiger charge is -2.21. The summed E-state index contributed by atoms with van der Waals surface area (Å²) in [5.41, 5.74) is 1.91. The normalized spacial score (nSPS) is 11.9. The molecule has 0 aliphatic carbocycles. The standard InChI is InChI=1S/C18H21N3O/c1-18(2,3)16-14-7-6-13(22-5)10-12(14)11-15(20-16)17-19-8-9-21(17)4/h6-11H,1-5H3. The Labute approximate surface area is 130 Å². The zero-order valence-electron chi connectivity index (χ0n) is 13.7. The van der Waals surface area contributed by atoms with Gasteiger partial charge >= 0.3 is 0 Å². The summed E-state index contributed by atoms with van der Waals surface area (Å²) in [4.78, 5) is 9.33. The number of hydrogen-bond acceptors (Lipinski definition) is 3. The van der Waals surface area contributed by atoms with Gasteiger partial charge < -0.3 is 9.30 Å². The molecule has 0 amide bonds. The van der Waals surface area contributed by atoms with E-state index in [9.17, 15) is 0 Å². The quantitative estimate of drug-likeness (QED) is 0.719. The summed E-state index contributed by atoms with van der Waals surface area (Å²) in [6, 6.07) is 8.21. The Morgan fingerprint density at radius 2 is 1.91 bits per heavy atom. The van der Waals surface area contributed by atoms with Crippen molar-refractivity contribution in [1.29, 1.82) is 0 Å². The second-order valence-corrected chi connectivity index (χ2v) is 6.55. The average Bonchev–Trinajstić information content (AvgIpc) is 2.90. The van der Waals surface area contributed by atoms with E-state index in [1.54, 1.807) is 13.3 Å². The number of hydrogen-bond donors (Lipinski definition) is 0. The summed E-state index contributed by atoms with van der Waals surface area (Å²) in [5, 5.41) is 2.28. The zero-order chi connectivity index (χ0) is 15.9. The number of ether oxygens (including phenoxy) is 1. The first-order chi connectivity index (χ1) is 10.4. The highest BCUT2D eigenvalue weighted by Gasteiger charge is 2.21. The van der Waals surface area contributed by atoms with E-state index in [4.69, 9.17) is 9.72 Å². The first kappa shape index (κ1) is 14.6. The number of benzene rings is 1. The first-order valence-electron chi connectivity index (χ1n) is 7.37. The topological polar surface area (TPSA) is 39.9 Å². The fourth-order valence-electron chi connectivity index (χ4n) is 2.66. The summed E-state index contributed by atoms with van der Waals surface area (Å²) >= 11 is 0. The monoisotopic (exact) mass is 295 g/mol. The van der Waals surface area contributed by atoms with E-state index < -0.39 is 0 Å². The van der Waals surface area contributed by atoms with Gasteiger partial charge in [0, 0.05) is 30.2 Å². The van der Waals surface area contributed by atoms with Crippen molar-refractivity contribution in [3.8, 4) is 17.3 Å². The van der Waals surface area contributed by atoms with E-state index >= 15 is 0 Å². The Balaban J connectivity index is 2.33. The van der Waals surface area contributed by atoms with E-state index in [0.717, 1.165) is 33.7 Å². The molecule has 0 spiro atoms. The van der Waals surface area contributed by atoms with Crippen LogP contribution in [0, 0.1) is 0 Å². The molecule has 3 aromatic rings. The number of nitrogens with zero attached hydrogens (tertiary/aromatic N) is 3. The number of methoxy groups -OCH3 is 1. The Morgan fingerprint density at radius 3 is 2.50 bits per heavy atom. The highest BCUT2D eigenvalue weighted by molar-refractivity contribution is 5.89. The van der Waals surface area contributed by atoms with Crippen molar-refractivity contribution in [2.75, 3.05) is 7.11 Å². The molecule has 3 rings (SSSR count). The molecule has 4 heteroatoms. The van der Waals surface area contributed by atoms with Gasteiger partial charge in [0.1, 0.15) is 11.4 Å². The third-order valence-electron chi connectivity index (χ3n) is 3.80. The second kappa shape index (κ2) is 5.13. The molecule has 0 bridgehead atoms. The van der Waals surface area contributed by atoms with Crippen molar-refractivity contribution < 1.29 is 4.74 Å². The summed E-state index contributed by atoms with van der Waals surface area (Å²) in [7, 11) is 3.67. The average molecular weight is 295 g/mol. The molecule has 0 saturated carbocycles. The Hall–Kier alpha value is -2.36. The lowest BCUT2D eigenvalue weighted by molar-refractivity contribution is 0.415. The Morgan fingerprint density at radius 1 is 1.14 bits per heavy atom. The summed E-state index contributed by atoms with van der Waals surface area (Å²) < 4.78 is 7.35. The number of imidazole rings is 1. The summed E-state index contributed by atoms with van der Waals surface area (Å²) in [6.45, 7) is 6.55. The smallest absolute Gasteiger partial charge is 0.158 e. The molecule has 0 atom stereocenters. The van der Waals surface area contributed by atoms with Crippen LogP contribution in [0.1, 0.15) is 26.5 Å². The second-order valence-electron chi connectivity index (χ2n) is 6.55. The maximum absolute atomic E-state index is 5.36. The van der Waals surface area contributed by atoms with Gasteiger partial charge in [-0.25, -0.2) is 9.97 Å². The predicted octanol–water partition coefficient (Wildman–Crippen LogP) is 3.94. The van der Waals surface area contributed by atoms with Gasteiger partial charge in [-0.15, -0.1) is 0 Å². The molecule has 2 aromatic heterocycles. The van der Waals surface area contributed by atoms with Crippen LogP contribution in [-0.4, -0.2) is 21.6 Å². The molecule has 0 unspecified atom stereocenters. The fourth-order valence-corrected chi connectivity index (χ4v) is 2.66.